The third-order valence-corrected chi connectivity index (χ3v) is 4.36. The highest BCUT2D eigenvalue weighted by atomic mass is 32.1. The first kappa shape index (κ1) is 19.6. The average molecular weight is 395 g/mol. The van der Waals surface area contributed by atoms with Crippen LogP contribution in [0.2, 0.25) is 0 Å². The molecule has 0 spiro atoms. The molecule has 0 radical (unpaired) electrons. The summed E-state index contributed by atoms with van der Waals surface area (Å²) >= 11 is 5.24. The minimum atomic E-state index is -0.283. The lowest BCUT2D eigenvalue weighted by molar-refractivity contribution is 0.102. The largest absolute Gasteiger partial charge is 0.491 e. The first-order valence-electron chi connectivity index (χ1n) is 8.85. The fraction of sp³-hybridized carbons (Fsp3) is 0.190. The Morgan fingerprint density at radius 2 is 2.00 bits per heavy atom. The fourth-order valence-electron chi connectivity index (χ4n) is 2.78. The number of ether oxygens (including phenoxy) is 1. The third-order valence-electron chi connectivity index (χ3n) is 4.04. The second-order valence-corrected chi connectivity index (χ2v) is 6.93. The van der Waals surface area contributed by atoms with Crippen molar-refractivity contribution in [2.45, 2.75) is 26.5 Å². The highest BCUT2D eigenvalue weighted by Gasteiger charge is 2.11. The van der Waals surface area contributed by atoms with Gasteiger partial charge in [0, 0.05) is 17.8 Å². The molecule has 1 heterocycles. The van der Waals surface area contributed by atoms with Crippen LogP contribution in [-0.2, 0) is 6.54 Å². The number of aromatic amines is 1. The molecule has 0 unspecified atom stereocenters. The van der Waals surface area contributed by atoms with Crippen LogP contribution in [0.15, 0.2) is 59.9 Å². The van der Waals surface area contributed by atoms with E-state index in [4.69, 9.17) is 17.0 Å². The smallest absolute Gasteiger partial charge is 0.262 e. The molecule has 3 aromatic rings. The monoisotopic (exact) mass is 395 g/mol. The molecule has 2 N–H and O–H groups in total. The van der Waals surface area contributed by atoms with Gasteiger partial charge in [-0.25, -0.2) is 0 Å². The molecule has 0 saturated carbocycles. The molecule has 7 heteroatoms. The molecule has 28 heavy (non-hydrogen) atoms. The third kappa shape index (κ3) is 4.20. The number of aromatic nitrogens is 2. The van der Waals surface area contributed by atoms with Gasteiger partial charge in [-0.15, -0.1) is 6.58 Å². The van der Waals surface area contributed by atoms with E-state index in [1.807, 2.05) is 13.8 Å². The number of hydrogen-bond acceptors (Lipinski definition) is 4. The summed E-state index contributed by atoms with van der Waals surface area (Å²) in [5, 5.41) is 3.29. The zero-order chi connectivity index (χ0) is 20.3. The Morgan fingerprint density at radius 3 is 2.64 bits per heavy atom. The zero-order valence-corrected chi connectivity index (χ0v) is 16.5. The Labute approximate surface area is 167 Å². The topological polar surface area (TPSA) is 76.1 Å². The van der Waals surface area contributed by atoms with E-state index in [2.05, 4.69) is 16.9 Å². The van der Waals surface area contributed by atoms with Gasteiger partial charge in [0.1, 0.15) is 5.75 Å². The predicted molar refractivity (Wildman–Crippen MR) is 114 cm³/mol. The minimum absolute atomic E-state index is 0.0830. The van der Waals surface area contributed by atoms with Crippen LogP contribution in [0.5, 0.6) is 5.75 Å². The maximum Gasteiger partial charge on any atom is 0.262 e. The van der Waals surface area contributed by atoms with Crippen molar-refractivity contribution in [2.24, 2.45) is 0 Å². The number of anilines is 1. The van der Waals surface area contributed by atoms with E-state index in [9.17, 15) is 9.59 Å². The van der Waals surface area contributed by atoms with Gasteiger partial charge in [0.05, 0.1) is 17.0 Å². The Balaban J connectivity index is 1.86. The number of carbonyl (C=O) groups excluding carboxylic acids is 1. The van der Waals surface area contributed by atoms with E-state index in [1.54, 1.807) is 48.5 Å². The molecule has 0 aliphatic rings. The van der Waals surface area contributed by atoms with Gasteiger partial charge in [-0.05, 0) is 68.5 Å². The van der Waals surface area contributed by atoms with E-state index in [-0.39, 0.29) is 22.3 Å². The number of rotatable bonds is 6. The second kappa shape index (κ2) is 8.22. The first-order chi connectivity index (χ1) is 13.4. The zero-order valence-electron chi connectivity index (χ0n) is 15.7. The van der Waals surface area contributed by atoms with Crippen LogP contribution in [-0.4, -0.2) is 21.6 Å². The molecule has 0 fully saturated rings. The van der Waals surface area contributed by atoms with Crippen LogP contribution in [0.1, 0.15) is 24.2 Å². The van der Waals surface area contributed by atoms with Crippen LogP contribution in [0, 0.1) is 4.77 Å². The van der Waals surface area contributed by atoms with Crippen molar-refractivity contribution < 1.29 is 9.53 Å². The van der Waals surface area contributed by atoms with Crippen LogP contribution in [0.25, 0.3) is 10.9 Å². The van der Waals surface area contributed by atoms with Crippen molar-refractivity contribution in [3.05, 3.63) is 75.8 Å². The average Bonchev–Trinajstić information content (AvgIpc) is 2.65. The van der Waals surface area contributed by atoms with Gasteiger partial charge in [-0.2, -0.15) is 0 Å². The lowest BCUT2D eigenvalue weighted by atomic mass is 10.1. The molecule has 1 amide bonds. The molecule has 1 aromatic heterocycles. The Hall–Kier alpha value is -3.19. The highest BCUT2D eigenvalue weighted by Crippen LogP contribution is 2.18. The summed E-state index contributed by atoms with van der Waals surface area (Å²) in [6.07, 6.45) is 1.69. The molecule has 6 nitrogen and oxygen atoms in total. The number of carbonyl (C=O) groups is 1. The van der Waals surface area contributed by atoms with Crippen LogP contribution in [0.3, 0.4) is 0 Å². The van der Waals surface area contributed by atoms with Crippen molar-refractivity contribution in [2.75, 3.05) is 5.32 Å². The van der Waals surface area contributed by atoms with Gasteiger partial charge in [0.25, 0.3) is 11.5 Å². The number of amides is 1. The van der Waals surface area contributed by atoms with Crippen molar-refractivity contribution in [3.8, 4) is 5.75 Å². The van der Waals surface area contributed by atoms with Crippen LogP contribution < -0.4 is 15.6 Å². The quantitative estimate of drug-likeness (QED) is 0.482. The molecule has 0 bridgehead atoms. The predicted octanol–water partition coefficient (Wildman–Crippen LogP) is 4.28. The van der Waals surface area contributed by atoms with Crippen molar-refractivity contribution in [3.63, 3.8) is 0 Å². The molecule has 0 aliphatic heterocycles. The number of H-pyrrole nitrogens is 1. The number of nitrogens with one attached hydrogen (secondary N) is 2. The van der Waals surface area contributed by atoms with Gasteiger partial charge >= 0.3 is 0 Å². The maximum absolute atomic E-state index is 12.6. The van der Waals surface area contributed by atoms with Gasteiger partial charge in [-0.1, -0.05) is 6.08 Å². The summed E-state index contributed by atoms with van der Waals surface area (Å²) in [5.74, 6) is 0.455. The molecule has 3 rings (SSSR count). The van der Waals surface area contributed by atoms with Gasteiger partial charge in [0.2, 0.25) is 0 Å². The van der Waals surface area contributed by atoms with Gasteiger partial charge in [0.15, 0.2) is 4.77 Å². The summed E-state index contributed by atoms with van der Waals surface area (Å²) in [5.41, 5.74) is 1.37. The summed E-state index contributed by atoms with van der Waals surface area (Å²) < 4.78 is 7.30. The number of fused-ring (bicyclic) bond motifs is 1. The lowest BCUT2D eigenvalue weighted by Crippen LogP contribution is -2.22. The Bertz CT molecular complexity index is 1140. The molecule has 0 aliphatic carbocycles. The van der Waals surface area contributed by atoms with E-state index in [0.29, 0.717) is 28.7 Å². The maximum atomic E-state index is 12.6. The SMILES string of the molecule is C=CCn1c(=S)[nH]c2cc(C(=O)Nc3ccc(OC(C)C)cc3)ccc2c1=O. The number of allylic oxidation sites excluding steroid dienone is 1. The summed E-state index contributed by atoms with van der Waals surface area (Å²) in [6, 6.07) is 12.0. The molecule has 0 saturated heterocycles. The van der Waals surface area contributed by atoms with E-state index < -0.39 is 0 Å². The van der Waals surface area contributed by atoms with Gasteiger partial charge in [-0.3, -0.25) is 14.2 Å². The molecular formula is C21H21N3O3S. The Morgan fingerprint density at radius 1 is 1.29 bits per heavy atom. The summed E-state index contributed by atoms with van der Waals surface area (Å²) in [4.78, 5) is 28.1. The first-order valence-corrected chi connectivity index (χ1v) is 9.25. The second-order valence-electron chi connectivity index (χ2n) is 6.54. The molecular weight excluding hydrogens is 374 g/mol. The van der Waals surface area contributed by atoms with Crippen molar-refractivity contribution >= 4 is 34.7 Å². The van der Waals surface area contributed by atoms with Crippen LogP contribution >= 0.6 is 12.2 Å². The number of benzene rings is 2. The molecule has 2 aromatic carbocycles. The number of nitrogens with zero attached hydrogens (tertiary/aromatic N) is 1. The van der Waals surface area contributed by atoms with E-state index in [0.717, 1.165) is 5.75 Å². The fourth-order valence-corrected chi connectivity index (χ4v) is 3.05. The van der Waals surface area contributed by atoms with Crippen LogP contribution in [0.4, 0.5) is 5.69 Å². The van der Waals surface area contributed by atoms with E-state index >= 15 is 0 Å². The normalized spacial score (nSPS) is 10.8. The van der Waals surface area contributed by atoms with Gasteiger partial charge < -0.3 is 15.0 Å². The summed E-state index contributed by atoms with van der Waals surface area (Å²) in [6.45, 7) is 7.86. The molecule has 144 valence electrons. The van der Waals surface area contributed by atoms with Crippen molar-refractivity contribution in [1.29, 1.82) is 0 Å². The summed E-state index contributed by atoms with van der Waals surface area (Å²) in [7, 11) is 0. The highest BCUT2D eigenvalue weighted by molar-refractivity contribution is 7.71. The Kier molecular flexibility index (Phi) is 5.75. The van der Waals surface area contributed by atoms with E-state index in [1.165, 1.54) is 4.57 Å². The molecule has 0 atom stereocenters. The van der Waals surface area contributed by atoms with Crippen molar-refractivity contribution in [1.82, 2.24) is 9.55 Å². The number of hydrogen-bond donors (Lipinski definition) is 2. The standard InChI is InChI=1S/C21H21N3O3S/c1-4-11-24-20(26)17-10-5-14(12-18(17)23-21(24)28)19(25)22-15-6-8-16(9-7-15)27-13(2)3/h4-10,12-13H,1,11H2,2-3H3,(H,22,25)(H,23,28). The minimum Gasteiger partial charge on any atom is -0.491 e. The lowest BCUT2D eigenvalue weighted by Gasteiger charge is -2.11.